The van der Waals surface area contributed by atoms with Crippen LogP contribution >= 0.6 is 0 Å². The number of aromatic nitrogens is 1. The van der Waals surface area contributed by atoms with Gasteiger partial charge in [-0.25, -0.2) is 0 Å². The monoisotopic (exact) mass is 483 g/mol. The molecular formula is C29H29N3O4. The highest BCUT2D eigenvalue weighted by molar-refractivity contribution is 6.05. The Morgan fingerprint density at radius 1 is 1.00 bits per heavy atom. The molecule has 0 bridgehead atoms. The first-order valence-electron chi connectivity index (χ1n) is 12.1. The van der Waals surface area contributed by atoms with Crippen LogP contribution in [0.25, 0.3) is 10.9 Å². The number of nitrogens with one attached hydrogen (secondary N) is 2. The maximum absolute atomic E-state index is 14.0. The van der Waals surface area contributed by atoms with E-state index in [0.29, 0.717) is 31.0 Å². The summed E-state index contributed by atoms with van der Waals surface area (Å²) in [6, 6.07) is 22.1. The molecule has 2 atom stereocenters. The summed E-state index contributed by atoms with van der Waals surface area (Å²) in [5, 5.41) is 4.06. The van der Waals surface area contributed by atoms with Gasteiger partial charge in [-0.05, 0) is 48.9 Å². The third-order valence-electron chi connectivity index (χ3n) is 6.63. The van der Waals surface area contributed by atoms with Crippen LogP contribution in [0.1, 0.15) is 40.4 Å². The van der Waals surface area contributed by atoms with Crippen LogP contribution in [0.2, 0.25) is 0 Å². The number of rotatable bonds is 8. The SMILES string of the molecule is CCOc1ccc(NC(=O)[C@H]2c3ccccc3C(=O)N(CCOC)[C@@H]2c2c[nH]c3ccccc23)cc1. The number of fused-ring (bicyclic) bond motifs is 2. The zero-order chi connectivity index (χ0) is 25.1. The number of hydrogen-bond acceptors (Lipinski definition) is 4. The minimum atomic E-state index is -0.624. The first-order valence-corrected chi connectivity index (χ1v) is 12.1. The van der Waals surface area contributed by atoms with Gasteiger partial charge in [0.05, 0.1) is 25.2 Å². The molecule has 0 aliphatic carbocycles. The predicted molar refractivity (Wildman–Crippen MR) is 139 cm³/mol. The zero-order valence-electron chi connectivity index (χ0n) is 20.4. The van der Waals surface area contributed by atoms with Crippen LogP contribution in [-0.2, 0) is 9.53 Å². The van der Waals surface area contributed by atoms with E-state index in [4.69, 9.17) is 9.47 Å². The lowest BCUT2D eigenvalue weighted by molar-refractivity contribution is -0.119. The fourth-order valence-electron chi connectivity index (χ4n) is 5.02. The summed E-state index contributed by atoms with van der Waals surface area (Å²) < 4.78 is 10.9. The van der Waals surface area contributed by atoms with Gasteiger partial charge in [0.25, 0.3) is 5.91 Å². The number of anilines is 1. The molecule has 0 unspecified atom stereocenters. The van der Waals surface area contributed by atoms with Crippen LogP contribution in [0.4, 0.5) is 5.69 Å². The first kappa shape index (κ1) is 23.6. The molecule has 2 amide bonds. The summed E-state index contributed by atoms with van der Waals surface area (Å²) in [5.74, 6) is -0.173. The standard InChI is InChI=1S/C29H29N3O4/c1-3-36-20-14-12-19(13-15-20)31-28(33)26-22-9-4-5-10-23(22)29(34)32(16-17-35-2)27(26)24-18-30-25-11-7-6-8-21(24)25/h4-15,18,26-27,30H,3,16-17H2,1-2H3,(H,31,33)/t26-,27+/m0/s1. The molecule has 2 heterocycles. The highest BCUT2D eigenvalue weighted by Gasteiger charge is 2.44. The molecule has 36 heavy (non-hydrogen) atoms. The maximum atomic E-state index is 14.0. The number of amides is 2. The number of carbonyl (C=O) groups excluding carboxylic acids is 2. The van der Waals surface area contributed by atoms with Crippen molar-refractivity contribution in [3.63, 3.8) is 0 Å². The van der Waals surface area contributed by atoms with Gasteiger partial charge < -0.3 is 24.7 Å². The van der Waals surface area contributed by atoms with Gasteiger partial charge in [-0.2, -0.15) is 0 Å². The van der Waals surface area contributed by atoms with Crippen molar-refractivity contribution >= 4 is 28.4 Å². The Labute approximate surface area is 210 Å². The summed E-state index contributed by atoms with van der Waals surface area (Å²) >= 11 is 0. The minimum Gasteiger partial charge on any atom is -0.494 e. The molecule has 1 aliphatic rings. The van der Waals surface area contributed by atoms with Gasteiger partial charge in [0, 0.05) is 47.6 Å². The van der Waals surface area contributed by atoms with Crippen LogP contribution < -0.4 is 10.1 Å². The Bertz CT molecular complexity index is 1380. The topological polar surface area (TPSA) is 83.7 Å². The molecule has 4 aromatic rings. The van der Waals surface area contributed by atoms with E-state index in [1.165, 1.54) is 0 Å². The van der Waals surface area contributed by atoms with E-state index >= 15 is 0 Å². The molecule has 7 nitrogen and oxygen atoms in total. The smallest absolute Gasteiger partial charge is 0.254 e. The molecule has 0 saturated carbocycles. The summed E-state index contributed by atoms with van der Waals surface area (Å²) in [7, 11) is 1.61. The van der Waals surface area contributed by atoms with E-state index in [1.807, 2.05) is 79.9 Å². The van der Waals surface area contributed by atoms with E-state index in [0.717, 1.165) is 27.8 Å². The second-order valence-corrected chi connectivity index (χ2v) is 8.74. The summed E-state index contributed by atoms with van der Waals surface area (Å²) in [6.45, 7) is 3.22. The van der Waals surface area contributed by atoms with Gasteiger partial charge in [-0.15, -0.1) is 0 Å². The lowest BCUT2D eigenvalue weighted by Gasteiger charge is -2.41. The molecular weight excluding hydrogens is 454 g/mol. The van der Waals surface area contributed by atoms with Gasteiger partial charge in [-0.3, -0.25) is 9.59 Å². The van der Waals surface area contributed by atoms with E-state index < -0.39 is 12.0 Å². The number of hydrogen-bond donors (Lipinski definition) is 2. The van der Waals surface area contributed by atoms with Crippen molar-refractivity contribution < 1.29 is 19.1 Å². The van der Waals surface area contributed by atoms with Crippen molar-refractivity contribution in [2.75, 3.05) is 32.2 Å². The average molecular weight is 484 g/mol. The number of benzene rings is 3. The van der Waals surface area contributed by atoms with Crippen molar-refractivity contribution in [2.45, 2.75) is 18.9 Å². The van der Waals surface area contributed by atoms with E-state index in [1.54, 1.807) is 18.1 Å². The van der Waals surface area contributed by atoms with Gasteiger partial charge in [-0.1, -0.05) is 36.4 Å². The number of carbonyl (C=O) groups is 2. The molecule has 0 radical (unpaired) electrons. The zero-order valence-corrected chi connectivity index (χ0v) is 20.4. The Kier molecular flexibility index (Phi) is 6.73. The molecule has 0 spiro atoms. The number of methoxy groups -OCH3 is 1. The Balaban J connectivity index is 1.61. The van der Waals surface area contributed by atoms with Gasteiger partial charge in [0.15, 0.2) is 0 Å². The normalized spacial score (nSPS) is 17.2. The quantitative estimate of drug-likeness (QED) is 0.364. The molecule has 3 aromatic carbocycles. The largest absolute Gasteiger partial charge is 0.494 e. The summed E-state index contributed by atoms with van der Waals surface area (Å²) in [5.41, 5.74) is 3.78. The predicted octanol–water partition coefficient (Wildman–Crippen LogP) is 5.13. The molecule has 184 valence electrons. The third-order valence-corrected chi connectivity index (χ3v) is 6.63. The molecule has 5 rings (SSSR count). The van der Waals surface area contributed by atoms with Crippen molar-refractivity contribution in [3.05, 3.63) is 95.7 Å². The molecule has 7 heteroatoms. The second-order valence-electron chi connectivity index (χ2n) is 8.74. The first-order chi connectivity index (χ1) is 17.6. The van der Waals surface area contributed by atoms with Crippen LogP contribution in [0.15, 0.2) is 79.0 Å². The van der Waals surface area contributed by atoms with E-state index in [2.05, 4.69) is 10.3 Å². The number of nitrogens with zero attached hydrogens (tertiary/aromatic N) is 1. The minimum absolute atomic E-state index is 0.108. The van der Waals surface area contributed by atoms with Gasteiger partial charge in [0.2, 0.25) is 5.91 Å². The van der Waals surface area contributed by atoms with Crippen molar-refractivity contribution in [1.29, 1.82) is 0 Å². The molecule has 2 N–H and O–H groups in total. The van der Waals surface area contributed by atoms with Crippen LogP contribution in [0, 0.1) is 0 Å². The Morgan fingerprint density at radius 3 is 2.53 bits per heavy atom. The average Bonchev–Trinajstić information content (AvgIpc) is 3.33. The van der Waals surface area contributed by atoms with Crippen molar-refractivity contribution in [1.82, 2.24) is 9.88 Å². The number of ether oxygens (including phenoxy) is 2. The second kappa shape index (κ2) is 10.3. The van der Waals surface area contributed by atoms with Crippen molar-refractivity contribution in [3.8, 4) is 5.75 Å². The fraction of sp³-hybridized carbons (Fsp3) is 0.241. The fourth-order valence-corrected chi connectivity index (χ4v) is 5.02. The maximum Gasteiger partial charge on any atom is 0.254 e. The van der Waals surface area contributed by atoms with Gasteiger partial charge in [0.1, 0.15) is 5.75 Å². The van der Waals surface area contributed by atoms with Gasteiger partial charge >= 0.3 is 0 Å². The van der Waals surface area contributed by atoms with E-state index in [-0.39, 0.29) is 11.8 Å². The lowest BCUT2D eigenvalue weighted by atomic mass is 9.79. The Morgan fingerprint density at radius 2 is 1.75 bits per heavy atom. The summed E-state index contributed by atoms with van der Waals surface area (Å²) in [6.07, 6.45) is 1.91. The Hall–Kier alpha value is -4.10. The molecule has 0 saturated heterocycles. The van der Waals surface area contributed by atoms with Crippen LogP contribution in [0.3, 0.4) is 0 Å². The number of aromatic amines is 1. The molecule has 1 aliphatic heterocycles. The highest BCUT2D eigenvalue weighted by Crippen LogP contribution is 2.45. The number of para-hydroxylation sites is 1. The van der Waals surface area contributed by atoms with E-state index in [9.17, 15) is 9.59 Å². The lowest BCUT2D eigenvalue weighted by Crippen LogP contribution is -2.47. The number of H-pyrrole nitrogens is 1. The molecule has 0 fully saturated rings. The molecule has 1 aromatic heterocycles. The summed E-state index contributed by atoms with van der Waals surface area (Å²) in [4.78, 5) is 32.8. The van der Waals surface area contributed by atoms with Crippen LogP contribution in [-0.4, -0.2) is 48.6 Å². The van der Waals surface area contributed by atoms with Crippen molar-refractivity contribution in [2.24, 2.45) is 0 Å². The van der Waals surface area contributed by atoms with Crippen LogP contribution in [0.5, 0.6) is 5.75 Å². The highest BCUT2D eigenvalue weighted by atomic mass is 16.5. The third kappa shape index (κ3) is 4.33.